The molecule has 0 radical (unpaired) electrons. The van der Waals surface area contributed by atoms with Crippen LogP contribution in [0.25, 0.3) is 0 Å². The van der Waals surface area contributed by atoms with E-state index in [-0.39, 0.29) is 17.8 Å². The molecule has 1 aliphatic heterocycles. The number of hydrogen-bond acceptors (Lipinski definition) is 6. The summed E-state index contributed by atoms with van der Waals surface area (Å²) in [6, 6.07) is 15.1. The van der Waals surface area contributed by atoms with Gasteiger partial charge >= 0.3 is 12.1 Å². The van der Waals surface area contributed by atoms with Crippen LogP contribution in [-0.4, -0.2) is 52.9 Å². The maximum atomic E-state index is 11.5. The second-order valence-corrected chi connectivity index (χ2v) is 10.2. The monoisotopic (exact) mass is 501 g/mol. The number of nitrogens with zero attached hydrogens (tertiary/aromatic N) is 1. The zero-order chi connectivity index (χ0) is 27.4. The molecule has 1 atom stereocenters. The minimum absolute atomic E-state index is 0.215. The predicted molar refractivity (Wildman–Crippen MR) is 144 cm³/mol. The number of primary amides is 1. The molecule has 1 amide bonds. The number of anilines is 1. The van der Waals surface area contributed by atoms with E-state index in [1.165, 1.54) is 31.4 Å². The smallest absolute Gasteiger partial charge is 0.402 e. The molecule has 0 saturated carbocycles. The number of benzene rings is 2. The van der Waals surface area contributed by atoms with Crippen LogP contribution in [-0.2, 0) is 21.4 Å². The number of hydrogen-bond donors (Lipinski definition) is 4. The van der Waals surface area contributed by atoms with Crippen molar-refractivity contribution in [2.24, 2.45) is 5.73 Å². The van der Waals surface area contributed by atoms with Crippen LogP contribution in [0, 0.1) is 0 Å². The number of ether oxygens (including phenoxy) is 1. The third-order valence-electron chi connectivity index (χ3n) is 5.90. The van der Waals surface area contributed by atoms with Crippen molar-refractivity contribution in [2.45, 2.75) is 70.8 Å². The summed E-state index contributed by atoms with van der Waals surface area (Å²) in [4.78, 5) is 22.7. The van der Waals surface area contributed by atoms with E-state index in [4.69, 9.17) is 20.4 Å². The van der Waals surface area contributed by atoms with Crippen molar-refractivity contribution in [1.82, 2.24) is 4.90 Å². The van der Waals surface area contributed by atoms with E-state index in [0.717, 1.165) is 18.5 Å². The first-order chi connectivity index (χ1) is 16.8. The number of likely N-dealkylation sites (tertiary alicyclic amines) is 1. The van der Waals surface area contributed by atoms with Crippen molar-refractivity contribution in [3.05, 3.63) is 59.7 Å². The number of carbonyl (C=O) groups is 2. The van der Waals surface area contributed by atoms with Gasteiger partial charge in [-0.1, -0.05) is 37.6 Å². The number of carbonyl (C=O) groups excluding carboxylic acids is 1. The Labute approximate surface area is 215 Å². The van der Waals surface area contributed by atoms with Gasteiger partial charge in [0.15, 0.2) is 0 Å². The second-order valence-electron chi connectivity index (χ2n) is 10.2. The second kappa shape index (κ2) is 14.3. The molecular weight excluding hydrogens is 458 g/mol. The largest absolute Gasteiger partial charge is 0.508 e. The summed E-state index contributed by atoms with van der Waals surface area (Å²) < 4.78 is 5.20. The summed E-state index contributed by atoms with van der Waals surface area (Å²) in [5.41, 5.74) is 12.3. The van der Waals surface area contributed by atoms with E-state index in [1.54, 1.807) is 18.2 Å². The first-order valence-electron chi connectivity index (χ1n) is 12.3. The number of esters is 1. The highest BCUT2D eigenvalue weighted by Crippen LogP contribution is 2.37. The molecule has 1 aliphatic rings. The van der Waals surface area contributed by atoms with Gasteiger partial charge in [-0.25, -0.2) is 4.79 Å². The molecule has 1 saturated heterocycles. The number of phenols is 1. The van der Waals surface area contributed by atoms with Gasteiger partial charge in [0.2, 0.25) is 0 Å². The van der Waals surface area contributed by atoms with Gasteiger partial charge in [0, 0.05) is 17.6 Å². The van der Waals surface area contributed by atoms with Gasteiger partial charge < -0.3 is 31.3 Å². The van der Waals surface area contributed by atoms with Crippen LogP contribution in [0.5, 0.6) is 5.75 Å². The summed E-state index contributed by atoms with van der Waals surface area (Å²) in [5.74, 6) is 0.175. The zero-order valence-corrected chi connectivity index (χ0v) is 22.3. The highest BCUT2D eigenvalue weighted by Gasteiger charge is 2.33. The Bertz CT molecular complexity index is 952. The molecule has 3 rings (SSSR count). The fourth-order valence-corrected chi connectivity index (χ4v) is 4.26. The molecule has 0 aliphatic carbocycles. The van der Waals surface area contributed by atoms with Crippen molar-refractivity contribution in [1.29, 1.82) is 0 Å². The van der Waals surface area contributed by atoms with Crippen LogP contribution in [0.1, 0.15) is 64.5 Å². The predicted octanol–water partition coefficient (Wildman–Crippen LogP) is 4.93. The number of amides is 1. The number of nitrogen functional groups attached to an aromatic ring is 1. The molecule has 36 heavy (non-hydrogen) atoms. The SMILES string of the molecule is CC(C)(C)OC(=O)Cc1ccc(N)cc1.CCC1(c2cccc(O)c2)CCCCN(C)C1.NC(=O)O. The fraction of sp³-hybridized carbons (Fsp3) is 0.500. The lowest BCUT2D eigenvalue weighted by Crippen LogP contribution is -2.37. The van der Waals surface area contributed by atoms with E-state index in [2.05, 4.69) is 30.7 Å². The Morgan fingerprint density at radius 3 is 2.25 bits per heavy atom. The van der Waals surface area contributed by atoms with Crippen molar-refractivity contribution < 1.29 is 24.5 Å². The number of aromatic hydroxyl groups is 1. The minimum atomic E-state index is -1.33. The van der Waals surface area contributed by atoms with E-state index in [9.17, 15) is 9.90 Å². The van der Waals surface area contributed by atoms with Crippen LogP contribution in [0.15, 0.2) is 48.5 Å². The molecule has 1 fully saturated rings. The van der Waals surface area contributed by atoms with Gasteiger partial charge in [-0.15, -0.1) is 0 Å². The Hall–Kier alpha value is -3.26. The zero-order valence-electron chi connectivity index (χ0n) is 22.3. The minimum Gasteiger partial charge on any atom is -0.508 e. The molecule has 1 unspecified atom stereocenters. The summed E-state index contributed by atoms with van der Waals surface area (Å²) >= 11 is 0. The lowest BCUT2D eigenvalue weighted by molar-refractivity contribution is -0.153. The molecular formula is C28H43N3O5. The number of phenolic OH excluding ortho intramolecular Hbond substituents is 1. The molecule has 2 aromatic carbocycles. The number of carboxylic acid groups (broad SMARTS) is 1. The van der Waals surface area contributed by atoms with Crippen LogP contribution in [0.2, 0.25) is 0 Å². The van der Waals surface area contributed by atoms with Crippen LogP contribution in [0.4, 0.5) is 10.5 Å². The standard InChI is InChI=1S/C15H23NO.C12H17NO2.CH3NO2/c1-3-15(9-4-5-10-16(2)12-15)13-7-6-8-14(17)11-13;1-12(2,3)15-11(14)8-9-4-6-10(13)7-5-9;2-1(3)4/h6-8,11,17H,3-5,9-10,12H2,1-2H3;4-7H,8,13H2,1-3H3;2H2,(H,3,4). The van der Waals surface area contributed by atoms with Gasteiger partial charge in [-0.05, 0) is 89.0 Å². The third-order valence-corrected chi connectivity index (χ3v) is 5.90. The molecule has 200 valence electrons. The maximum Gasteiger partial charge on any atom is 0.402 e. The van der Waals surface area contributed by atoms with Gasteiger partial charge in [-0.3, -0.25) is 4.79 Å². The normalized spacial score (nSPS) is 17.9. The Morgan fingerprint density at radius 2 is 1.72 bits per heavy atom. The average molecular weight is 502 g/mol. The Kier molecular flexibility index (Phi) is 12.3. The molecule has 2 aromatic rings. The van der Waals surface area contributed by atoms with Crippen molar-refractivity contribution in [3.8, 4) is 5.75 Å². The van der Waals surface area contributed by atoms with Crippen LogP contribution in [0.3, 0.4) is 0 Å². The van der Waals surface area contributed by atoms with Crippen LogP contribution >= 0.6 is 0 Å². The number of likely N-dealkylation sites (N-methyl/N-ethyl adjacent to an activating group) is 1. The van der Waals surface area contributed by atoms with Gasteiger partial charge in [0.25, 0.3) is 0 Å². The first kappa shape index (κ1) is 30.8. The quantitative estimate of drug-likeness (QED) is 0.344. The third kappa shape index (κ3) is 11.9. The lowest BCUT2D eigenvalue weighted by Gasteiger charge is -2.35. The van der Waals surface area contributed by atoms with Gasteiger partial charge in [-0.2, -0.15) is 0 Å². The highest BCUT2D eigenvalue weighted by molar-refractivity contribution is 5.73. The highest BCUT2D eigenvalue weighted by atomic mass is 16.6. The molecule has 8 heteroatoms. The van der Waals surface area contributed by atoms with Crippen molar-refractivity contribution in [2.75, 3.05) is 25.9 Å². The molecule has 1 heterocycles. The van der Waals surface area contributed by atoms with Crippen molar-refractivity contribution >= 4 is 17.7 Å². The maximum absolute atomic E-state index is 11.5. The number of nitrogens with two attached hydrogens (primary N) is 2. The molecule has 6 N–H and O–H groups in total. The molecule has 0 bridgehead atoms. The summed E-state index contributed by atoms with van der Waals surface area (Å²) in [5, 5.41) is 16.9. The van der Waals surface area contributed by atoms with Gasteiger partial charge in [0.1, 0.15) is 11.4 Å². The van der Waals surface area contributed by atoms with E-state index in [1.807, 2.05) is 45.0 Å². The Morgan fingerprint density at radius 1 is 1.11 bits per heavy atom. The summed E-state index contributed by atoms with van der Waals surface area (Å²) in [7, 11) is 2.21. The average Bonchev–Trinajstić information content (AvgIpc) is 2.96. The van der Waals surface area contributed by atoms with Gasteiger partial charge in [0.05, 0.1) is 6.42 Å². The van der Waals surface area contributed by atoms with E-state index in [0.29, 0.717) is 11.4 Å². The first-order valence-corrected chi connectivity index (χ1v) is 12.3. The fourth-order valence-electron chi connectivity index (χ4n) is 4.26. The lowest BCUT2D eigenvalue weighted by atomic mass is 9.74. The summed E-state index contributed by atoms with van der Waals surface area (Å²) in [6.07, 6.45) is 3.90. The van der Waals surface area contributed by atoms with E-state index >= 15 is 0 Å². The van der Waals surface area contributed by atoms with E-state index < -0.39 is 11.7 Å². The molecule has 8 nitrogen and oxygen atoms in total. The molecule has 0 aromatic heterocycles. The van der Waals surface area contributed by atoms with Crippen LogP contribution < -0.4 is 11.5 Å². The number of rotatable bonds is 4. The Balaban J connectivity index is 0.000000316. The molecule has 0 spiro atoms. The van der Waals surface area contributed by atoms with Crippen molar-refractivity contribution in [3.63, 3.8) is 0 Å². The summed E-state index contributed by atoms with van der Waals surface area (Å²) in [6.45, 7) is 10.1. The topological polar surface area (TPSA) is 139 Å².